The molecule has 1 aromatic rings. The molecule has 5 nitrogen and oxygen atoms in total. The Hall–Kier alpha value is -1.75. The molecule has 5 heteroatoms. The Labute approximate surface area is 119 Å². The molecule has 1 unspecified atom stereocenters. The van der Waals surface area contributed by atoms with Crippen LogP contribution < -0.4 is 9.47 Å². The van der Waals surface area contributed by atoms with Gasteiger partial charge in [0.05, 0.1) is 6.54 Å². The zero-order valence-corrected chi connectivity index (χ0v) is 11.7. The number of para-hydroxylation sites is 2. The van der Waals surface area contributed by atoms with Gasteiger partial charge >= 0.3 is 0 Å². The van der Waals surface area contributed by atoms with Crippen molar-refractivity contribution in [3.05, 3.63) is 24.3 Å². The number of fused-ring (bicyclic) bond motifs is 1. The predicted octanol–water partition coefficient (Wildman–Crippen LogP) is 1.45. The molecule has 0 bridgehead atoms. The molecule has 0 radical (unpaired) electrons. The van der Waals surface area contributed by atoms with Crippen molar-refractivity contribution in [2.45, 2.75) is 25.9 Å². The number of nitrogens with zero attached hydrogens (tertiary/aromatic N) is 1. The third kappa shape index (κ3) is 3.63. The molecular formula is C15H21NO4. The van der Waals surface area contributed by atoms with Crippen LogP contribution in [0.15, 0.2) is 24.3 Å². The quantitative estimate of drug-likeness (QED) is 0.856. The predicted molar refractivity (Wildman–Crippen MR) is 74.9 cm³/mol. The number of aliphatic hydroxyl groups is 1. The van der Waals surface area contributed by atoms with Crippen LogP contribution >= 0.6 is 0 Å². The highest BCUT2D eigenvalue weighted by molar-refractivity contribution is 5.76. The van der Waals surface area contributed by atoms with E-state index in [0.717, 1.165) is 11.5 Å². The smallest absolute Gasteiger partial charge is 0.222 e. The van der Waals surface area contributed by atoms with E-state index in [4.69, 9.17) is 14.6 Å². The SMILES string of the molecule is CCN(CC1COc2ccccc2O1)C(=O)CCCO. The van der Waals surface area contributed by atoms with E-state index in [1.54, 1.807) is 4.90 Å². The molecule has 20 heavy (non-hydrogen) atoms. The molecule has 1 N–H and O–H groups in total. The Morgan fingerprint density at radius 2 is 2.15 bits per heavy atom. The van der Waals surface area contributed by atoms with Crippen molar-refractivity contribution < 1.29 is 19.4 Å². The molecule has 0 fully saturated rings. The molecule has 1 aliphatic heterocycles. The van der Waals surface area contributed by atoms with Gasteiger partial charge in [0.1, 0.15) is 6.61 Å². The van der Waals surface area contributed by atoms with Crippen molar-refractivity contribution in [1.82, 2.24) is 4.90 Å². The van der Waals surface area contributed by atoms with Gasteiger partial charge in [0.2, 0.25) is 5.91 Å². The molecule has 0 spiro atoms. The lowest BCUT2D eigenvalue weighted by molar-refractivity contribution is -0.132. The summed E-state index contributed by atoms with van der Waals surface area (Å²) in [7, 11) is 0. The van der Waals surface area contributed by atoms with Crippen LogP contribution in [0.25, 0.3) is 0 Å². The van der Waals surface area contributed by atoms with Crippen LogP contribution in [0.5, 0.6) is 11.5 Å². The van der Waals surface area contributed by atoms with E-state index in [9.17, 15) is 4.79 Å². The average Bonchev–Trinajstić information content (AvgIpc) is 2.50. The van der Waals surface area contributed by atoms with Gasteiger partial charge < -0.3 is 19.5 Å². The first kappa shape index (κ1) is 14.7. The number of benzene rings is 1. The van der Waals surface area contributed by atoms with Gasteiger partial charge in [0.15, 0.2) is 17.6 Å². The minimum absolute atomic E-state index is 0.0414. The van der Waals surface area contributed by atoms with Gasteiger partial charge in [-0.05, 0) is 25.5 Å². The van der Waals surface area contributed by atoms with Crippen molar-refractivity contribution in [1.29, 1.82) is 0 Å². The number of hydrogen-bond donors (Lipinski definition) is 1. The van der Waals surface area contributed by atoms with E-state index < -0.39 is 0 Å². The second kappa shape index (κ2) is 7.14. The molecule has 1 amide bonds. The van der Waals surface area contributed by atoms with Crippen molar-refractivity contribution in [2.75, 3.05) is 26.3 Å². The van der Waals surface area contributed by atoms with E-state index in [-0.39, 0.29) is 18.6 Å². The highest BCUT2D eigenvalue weighted by atomic mass is 16.6. The van der Waals surface area contributed by atoms with Crippen LogP contribution in [0.2, 0.25) is 0 Å². The van der Waals surface area contributed by atoms with Crippen LogP contribution in [0.4, 0.5) is 0 Å². The second-order valence-electron chi connectivity index (χ2n) is 4.76. The number of rotatable bonds is 6. The van der Waals surface area contributed by atoms with Crippen LogP contribution in [0.3, 0.4) is 0 Å². The number of ether oxygens (including phenoxy) is 2. The van der Waals surface area contributed by atoms with Crippen molar-refractivity contribution in [3.8, 4) is 11.5 Å². The second-order valence-corrected chi connectivity index (χ2v) is 4.76. The Balaban J connectivity index is 1.91. The summed E-state index contributed by atoms with van der Waals surface area (Å²) in [6, 6.07) is 7.54. The molecule has 0 aromatic heterocycles. The van der Waals surface area contributed by atoms with Gasteiger partial charge in [-0.3, -0.25) is 4.79 Å². The van der Waals surface area contributed by atoms with Crippen LogP contribution in [0.1, 0.15) is 19.8 Å². The zero-order chi connectivity index (χ0) is 14.4. The first-order valence-corrected chi connectivity index (χ1v) is 7.01. The summed E-state index contributed by atoms with van der Waals surface area (Å²) in [4.78, 5) is 13.7. The zero-order valence-electron chi connectivity index (χ0n) is 11.7. The molecule has 0 saturated heterocycles. The summed E-state index contributed by atoms with van der Waals surface area (Å²) >= 11 is 0. The van der Waals surface area contributed by atoms with Gasteiger partial charge in [-0.15, -0.1) is 0 Å². The largest absolute Gasteiger partial charge is 0.486 e. The summed E-state index contributed by atoms with van der Waals surface area (Å²) in [6.45, 7) is 3.57. The summed E-state index contributed by atoms with van der Waals surface area (Å²) in [5.74, 6) is 1.52. The summed E-state index contributed by atoms with van der Waals surface area (Å²) in [6.07, 6.45) is 0.720. The molecule has 0 saturated carbocycles. The maximum Gasteiger partial charge on any atom is 0.222 e. The highest BCUT2D eigenvalue weighted by Gasteiger charge is 2.24. The number of likely N-dealkylation sites (N-methyl/N-ethyl adjacent to an activating group) is 1. The average molecular weight is 279 g/mol. The fraction of sp³-hybridized carbons (Fsp3) is 0.533. The molecule has 0 aliphatic carbocycles. The van der Waals surface area contributed by atoms with Gasteiger partial charge in [-0.2, -0.15) is 0 Å². The fourth-order valence-electron chi connectivity index (χ4n) is 2.19. The number of carbonyl (C=O) groups is 1. The maximum atomic E-state index is 12.0. The summed E-state index contributed by atoms with van der Waals surface area (Å²) in [5.41, 5.74) is 0. The minimum atomic E-state index is -0.150. The summed E-state index contributed by atoms with van der Waals surface area (Å²) < 4.78 is 11.5. The molecule has 1 atom stereocenters. The maximum absolute atomic E-state index is 12.0. The van der Waals surface area contributed by atoms with Crippen molar-refractivity contribution in [3.63, 3.8) is 0 Å². The normalized spacial score (nSPS) is 16.8. The van der Waals surface area contributed by atoms with E-state index in [1.165, 1.54) is 0 Å². The third-order valence-electron chi connectivity index (χ3n) is 3.27. The molecule has 1 aromatic carbocycles. The van der Waals surface area contributed by atoms with Gasteiger partial charge in [-0.1, -0.05) is 12.1 Å². The standard InChI is InChI=1S/C15H21NO4/c1-2-16(15(18)8-5-9-17)10-12-11-19-13-6-3-4-7-14(13)20-12/h3-4,6-7,12,17H,2,5,8-11H2,1H3. The molecular weight excluding hydrogens is 258 g/mol. The van der Waals surface area contributed by atoms with Crippen LogP contribution in [0, 0.1) is 0 Å². The Kier molecular flexibility index (Phi) is 5.24. The molecule has 1 heterocycles. The lowest BCUT2D eigenvalue weighted by atomic mass is 10.2. The van der Waals surface area contributed by atoms with Crippen LogP contribution in [-0.2, 0) is 4.79 Å². The fourth-order valence-corrected chi connectivity index (χ4v) is 2.19. The van der Waals surface area contributed by atoms with Gasteiger partial charge in [-0.25, -0.2) is 0 Å². The molecule has 2 rings (SSSR count). The van der Waals surface area contributed by atoms with Gasteiger partial charge in [0.25, 0.3) is 0 Å². The Morgan fingerprint density at radius 1 is 1.40 bits per heavy atom. The molecule has 110 valence electrons. The number of aliphatic hydroxyl groups excluding tert-OH is 1. The van der Waals surface area contributed by atoms with Crippen molar-refractivity contribution >= 4 is 5.91 Å². The minimum Gasteiger partial charge on any atom is -0.486 e. The monoisotopic (exact) mass is 279 g/mol. The number of hydrogen-bond acceptors (Lipinski definition) is 4. The van der Waals surface area contributed by atoms with Gasteiger partial charge in [0, 0.05) is 19.6 Å². The van der Waals surface area contributed by atoms with Crippen LogP contribution in [-0.4, -0.2) is 48.3 Å². The van der Waals surface area contributed by atoms with E-state index in [2.05, 4.69) is 0 Å². The van der Waals surface area contributed by atoms with E-state index >= 15 is 0 Å². The number of amides is 1. The number of carbonyl (C=O) groups excluding carboxylic acids is 1. The van der Waals surface area contributed by atoms with E-state index in [0.29, 0.717) is 32.5 Å². The summed E-state index contributed by atoms with van der Waals surface area (Å²) in [5, 5.41) is 8.78. The topological polar surface area (TPSA) is 59.0 Å². The van der Waals surface area contributed by atoms with E-state index in [1.807, 2.05) is 31.2 Å². The first-order valence-electron chi connectivity index (χ1n) is 7.01. The Bertz CT molecular complexity index is 449. The van der Waals surface area contributed by atoms with Crippen molar-refractivity contribution in [2.24, 2.45) is 0 Å². The highest BCUT2D eigenvalue weighted by Crippen LogP contribution is 2.31. The lowest BCUT2D eigenvalue weighted by Crippen LogP contribution is -2.43. The third-order valence-corrected chi connectivity index (χ3v) is 3.27. The first-order chi connectivity index (χ1) is 9.74. The molecule has 1 aliphatic rings. The Morgan fingerprint density at radius 3 is 2.85 bits per heavy atom. The lowest BCUT2D eigenvalue weighted by Gasteiger charge is -2.31.